The Kier molecular flexibility index (Phi) is 4.69. The molecule has 1 aromatic heterocycles. The van der Waals surface area contributed by atoms with Gasteiger partial charge in [-0.3, -0.25) is 15.1 Å². The number of pyridine rings is 1. The minimum atomic E-state index is -0.307. The Bertz CT molecular complexity index is 591. The Morgan fingerprint density at radius 2 is 2.05 bits per heavy atom. The molecule has 2 rings (SSSR count). The lowest BCUT2D eigenvalue weighted by atomic mass is 10.0. The van der Waals surface area contributed by atoms with Gasteiger partial charge in [-0.05, 0) is 17.5 Å². The van der Waals surface area contributed by atoms with Gasteiger partial charge in [0.05, 0.1) is 12.6 Å². The van der Waals surface area contributed by atoms with E-state index in [1.807, 2.05) is 44.2 Å². The molecular formula is C16H20N2O2. The molecule has 1 atom stereocenters. The van der Waals surface area contributed by atoms with E-state index in [9.17, 15) is 4.79 Å². The maximum Gasteiger partial charge on any atom is 0.323 e. The highest BCUT2D eigenvalue weighted by atomic mass is 16.5. The zero-order valence-electron chi connectivity index (χ0n) is 12.1. The molecule has 4 nitrogen and oxygen atoms in total. The van der Waals surface area contributed by atoms with Gasteiger partial charge in [-0.15, -0.1) is 0 Å². The second-order valence-corrected chi connectivity index (χ2v) is 5.12. The van der Waals surface area contributed by atoms with Gasteiger partial charge in [-0.25, -0.2) is 0 Å². The summed E-state index contributed by atoms with van der Waals surface area (Å²) in [6.45, 7) is 4.58. The summed E-state index contributed by atoms with van der Waals surface area (Å²) >= 11 is 0. The van der Waals surface area contributed by atoms with Crippen LogP contribution in [0.5, 0.6) is 0 Å². The maximum absolute atomic E-state index is 11.7. The molecule has 106 valence electrons. The minimum absolute atomic E-state index is 0.172. The highest BCUT2D eigenvalue weighted by Crippen LogP contribution is 2.16. The number of nitrogens with zero attached hydrogens (tertiary/aromatic N) is 1. The number of para-hydroxylation sites is 1. The lowest BCUT2D eigenvalue weighted by molar-refractivity contribution is -0.144. The van der Waals surface area contributed by atoms with Crippen molar-refractivity contribution in [3.05, 3.63) is 42.1 Å². The van der Waals surface area contributed by atoms with Crippen molar-refractivity contribution < 1.29 is 9.53 Å². The number of benzene rings is 1. The monoisotopic (exact) mass is 272 g/mol. The number of hydrogen-bond acceptors (Lipinski definition) is 4. The van der Waals surface area contributed by atoms with Crippen molar-refractivity contribution >= 4 is 16.9 Å². The highest BCUT2D eigenvalue weighted by molar-refractivity contribution is 5.81. The van der Waals surface area contributed by atoms with Crippen LogP contribution in [-0.4, -0.2) is 24.1 Å². The molecule has 1 heterocycles. The number of methoxy groups -OCH3 is 1. The molecule has 20 heavy (non-hydrogen) atoms. The van der Waals surface area contributed by atoms with E-state index in [0.717, 1.165) is 16.5 Å². The third-order valence-corrected chi connectivity index (χ3v) is 3.35. The molecule has 1 aromatic carbocycles. The van der Waals surface area contributed by atoms with Crippen molar-refractivity contribution in [1.29, 1.82) is 0 Å². The lowest BCUT2D eigenvalue weighted by Gasteiger charge is -2.20. The second-order valence-electron chi connectivity index (χ2n) is 5.12. The van der Waals surface area contributed by atoms with Gasteiger partial charge in [0.25, 0.3) is 0 Å². The van der Waals surface area contributed by atoms with Gasteiger partial charge in [0.15, 0.2) is 0 Å². The second kappa shape index (κ2) is 6.48. The average molecular weight is 272 g/mol. The Labute approximate surface area is 119 Å². The van der Waals surface area contributed by atoms with E-state index in [-0.39, 0.29) is 17.9 Å². The largest absolute Gasteiger partial charge is 0.468 e. The van der Waals surface area contributed by atoms with Crippen molar-refractivity contribution in [3.8, 4) is 0 Å². The summed E-state index contributed by atoms with van der Waals surface area (Å²) in [5.74, 6) is -0.0569. The van der Waals surface area contributed by atoms with Crippen LogP contribution >= 0.6 is 0 Å². The van der Waals surface area contributed by atoms with Gasteiger partial charge in [0.1, 0.15) is 6.04 Å². The SMILES string of the molecule is COC(=O)[C@@H](NCc1cccc2cccnc12)C(C)C. The number of fused-ring (bicyclic) bond motifs is 1. The molecule has 0 bridgehead atoms. The van der Waals surface area contributed by atoms with Gasteiger partial charge in [0.2, 0.25) is 0 Å². The van der Waals surface area contributed by atoms with Gasteiger partial charge in [-0.1, -0.05) is 38.1 Å². The number of hydrogen-bond donors (Lipinski definition) is 1. The maximum atomic E-state index is 11.7. The molecule has 0 fully saturated rings. The summed E-state index contributed by atoms with van der Waals surface area (Å²) in [6.07, 6.45) is 1.78. The molecule has 0 aliphatic heterocycles. The number of carbonyl (C=O) groups excluding carboxylic acids is 1. The van der Waals surface area contributed by atoms with Crippen molar-refractivity contribution in [2.75, 3.05) is 7.11 Å². The molecule has 1 N–H and O–H groups in total. The number of rotatable bonds is 5. The molecule has 0 aliphatic rings. The molecule has 4 heteroatoms. The molecule has 2 aromatic rings. The number of carbonyl (C=O) groups is 1. The molecular weight excluding hydrogens is 252 g/mol. The van der Waals surface area contributed by atoms with Crippen LogP contribution < -0.4 is 5.32 Å². The molecule has 0 unspecified atom stereocenters. The normalized spacial score (nSPS) is 12.6. The number of aromatic nitrogens is 1. The predicted octanol–water partition coefficient (Wildman–Crippen LogP) is 2.52. The Morgan fingerprint density at radius 3 is 2.75 bits per heavy atom. The van der Waals surface area contributed by atoms with Crippen LogP contribution in [0.2, 0.25) is 0 Å². The van der Waals surface area contributed by atoms with Crippen molar-refractivity contribution in [1.82, 2.24) is 10.3 Å². The summed E-state index contributed by atoms with van der Waals surface area (Å²) in [7, 11) is 1.42. The fourth-order valence-corrected chi connectivity index (χ4v) is 2.25. The van der Waals surface area contributed by atoms with Crippen molar-refractivity contribution in [2.24, 2.45) is 5.92 Å². The Morgan fingerprint density at radius 1 is 1.30 bits per heavy atom. The van der Waals surface area contributed by atoms with E-state index in [4.69, 9.17) is 4.74 Å². The van der Waals surface area contributed by atoms with Crippen molar-refractivity contribution in [3.63, 3.8) is 0 Å². The zero-order valence-corrected chi connectivity index (χ0v) is 12.1. The van der Waals surface area contributed by atoms with E-state index < -0.39 is 0 Å². The highest BCUT2D eigenvalue weighted by Gasteiger charge is 2.22. The van der Waals surface area contributed by atoms with Crippen LogP contribution in [0.25, 0.3) is 10.9 Å². The number of nitrogens with one attached hydrogen (secondary N) is 1. The van der Waals surface area contributed by atoms with E-state index in [2.05, 4.69) is 10.3 Å². The third-order valence-electron chi connectivity index (χ3n) is 3.35. The number of ether oxygens (including phenoxy) is 1. The summed E-state index contributed by atoms with van der Waals surface area (Å²) in [5, 5.41) is 4.37. The van der Waals surface area contributed by atoms with Crippen molar-refractivity contribution in [2.45, 2.75) is 26.4 Å². The predicted molar refractivity (Wildman–Crippen MR) is 79.2 cm³/mol. The fraction of sp³-hybridized carbons (Fsp3) is 0.375. The van der Waals surface area contributed by atoms with Crippen LogP contribution in [0.15, 0.2) is 36.5 Å². The summed E-state index contributed by atoms with van der Waals surface area (Å²) in [6, 6.07) is 9.71. The Balaban J connectivity index is 2.18. The summed E-state index contributed by atoms with van der Waals surface area (Å²) in [5.41, 5.74) is 2.05. The first kappa shape index (κ1) is 14.5. The molecule has 0 radical (unpaired) electrons. The molecule has 0 saturated carbocycles. The first-order valence-electron chi connectivity index (χ1n) is 6.77. The quantitative estimate of drug-likeness (QED) is 0.850. The Hall–Kier alpha value is -1.94. The van der Waals surface area contributed by atoms with Gasteiger partial charge in [-0.2, -0.15) is 0 Å². The van der Waals surface area contributed by atoms with Gasteiger partial charge in [0, 0.05) is 18.1 Å². The van der Waals surface area contributed by atoms with E-state index in [0.29, 0.717) is 6.54 Å². The van der Waals surface area contributed by atoms with E-state index >= 15 is 0 Å². The summed E-state index contributed by atoms with van der Waals surface area (Å²) < 4.78 is 4.83. The van der Waals surface area contributed by atoms with Crippen LogP contribution in [0, 0.1) is 5.92 Å². The first-order valence-corrected chi connectivity index (χ1v) is 6.77. The lowest BCUT2D eigenvalue weighted by Crippen LogP contribution is -2.41. The molecule has 0 aliphatic carbocycles. The minimum Gasteiger partial charge on any atom is -0.468 e. The van der Waals surface area contributed by atoms with Gasteiger partial charge < -0.3 is 4.74 Å². The fourth-order valence-electron chi connectivity index (χ4n) is 2.25. The van der Waals surface area contributed by atoms with Gasteiger partial charge >= 0.3 is 5.97 Å². The van der Waals surface area contributed by atoms with E-state index in [1.54, 1.807) is 6.20 Å². The van der Waals surface area contributed by atoms with Crippen LogP contribution in [0.1, 0.15) is 19.4 Å². The molecule has 0 amide bonds. The smallest absolute Gasteiger partial charge is 0.323 e. The third kappa shape index (κ3) is 3.14. The zero-order chi connectivity index (χ0) is 14.5. The average Bonchev–Trinajstić information content (AvgIpc) is 2.47. The number of esters is 1. The summed E-state index contributed by atoms with van der Waals surface area (Å²) in [4.78, 5) is 16.2. The molecule has 0 saturated heterocycles. The standard InChI is InChI=1S/C16H20N2O2/c1-11(2)14(16(19)20-3)18-10-13-7-4-6-12-8-5-9-17-15(12)13/h4-9,11,14,18H,10H2,1-3H3/t14-/m0/s1. The van der Waals surface area contributed by atoms with E-state index in [1.165, 1.54) is 7.11 Å². The molecule has 0 spiro atoms. The van der Waals surface area contributed by atoms with Crippen LogP contribution in [-0.2, 0) is 16.1 Å². The van der Waals surface area contributed by atoms with Crippen LogP contribution in [0.3, 0.4) is 0 Å². The van der Waals surface area contributed by atoms with Crippen LogP contribution in [0.4, 0.5) is 0 Å². The topological polar surface area (TPSA) is 51.2 Å². The first-order chi connectivity index (χ1) is 9.63.